The summed E-state index contributed by atoms with van der Waals surface area (Å²) in [5, 5.41) is 4.72. The predicted molar refractivity (Wildman–Crippen MR) is 83.8 cm³/mol. The molecule has 0 atom stereocenters. The standard InChI is InChI=1S/C17H24N2/c1-5-13-7-8-16-15(10-13)17(18-6-2)11-14(19-16)9-12(3)4/h7-8,10-12H,5-6,9H2,1-4H3,(H,18,19). The van der Waals surface area contributed by atoms with E-state index in [1.807, 2.05) is 0 Å². The molecule has 0 aliphatic carbocycles. The molecule has 1 aromatic carbocycles. The predicted octanol–water partition coefficient (Wildman–Crippen LogP) is 4.43. The third-order valence-corrected chi connectivity index (χ3v) is 3.32. The first-order chi connectivity index (χ1) is 9.13. The molecule has 1 N–H and O–H groups in total. The second kappa shape index (κ2) is 6.05. The minimum absolute atomic E-state index is 0.634. The SMILES string of the molecule is CCNc1cc(CC(C)C)nc2ccc(CC)cc12. The van der Waals surface area contributed by atoms with E-state index in [4.69, 9.17) is 4.98 Å². The van der Waals surface area contributed by atoms with E-state index in [1.165, 1.54) is 22.3 Å². The van der Waals surface area contributed by atoms with Crippen molar-refractivity contribution in [3.63, 3.8) is 0 Å². The van der Waals surface area contributed by atoms with Crippen LogP contribution >= 0.6 is 0 Å². The number of fused-ring (bicyclic) bond motifs is 1. The molecule has 0 bridgehead atoms. The molecular weight excluding hydrogens is 232 g/mol. The zero-order valence-corrected chi connectivity index (χ0v) is 12.5. The molecular formula is C17H24N2. The van der Waals surface area contributed by atoms with Crippen LogP contribution in [0.25, 0.3) is 10.9 Å². The monoisotopic (exact) mass is 256 g/mol. The Hall–Kier alpha value is -1.57. The fourth-order valence-corrected chi connectivity index (χ4v) is 2.41. The van der Waals surface area contributed by atoms with Crippen molar-refractivity contribution in [2.24, 2.45) is 5.92 Å². The number of nitrogens with one attached hydrogen (secondary N) is 1. The summed E-state index contributed by atoms with van der Waals surface area (Å²) in [6, 6.07) is 8.81. The highest BCUT2D eigenvalue weighted by molar-refractivity contribution is 5.92. The van der Waals surface area contributed by atoms with Gasteiger partial charge in [0.15, 0.2) is 0 Å². The van der Waals surface area contributed by atoms with Crippen molar-refractivity contribution < 1.29 is 0 Å². The van der Waals surface area contributed by atoms with Gasteiger partial charge >= 0.3 is 0 Å². The van der Waals surface area contributed by atoms with Crippen LogP contribution in [-0.4, -0.2) is 11.5 Å². The Morgan fingerprint density at radius 1 is 1.16 bits per heavy atom. The van der Waals surface area contributed by atoms with Gasteiger partial charge in [-0.15, -0.1) is 0 Å². The Morgan fingerprint density at radius 3 is 2.58 bits per heavy atom. The lowest BCUT2D eigenvalue weighted by Crippen LogP contribution is -2.03. The number of anilines is 1. The number of benzene rings is 1. The van der Waals surface area contributed by atoms with Crippen LogP contribution < -0.4 is 5.32 Å². The molecule has 0 saturated heterocycles. The maximum Gasteiger partial charge on any atom is 0.0726 e. The molecule has 0 aliphatic rings. The van der Waals surface area contributed by atoms with Crippen LogP contribution in [0.5, 0.6) is 0 Å². The summed E-state index contributed by atoms with van der Waals surface area (Å²) in [6.07, 6.45) is 2.10. The maximum atomic E-state index is 4.79. The van der Waals surface area contributed by atoms with Gasteiger partial charge in [-0.25, -0.2) is 0 Å². The molecule has 0 saturated carbocycles. The second-order valence-corrected chi connectivity index (χ2v) is 5.49. The van der Waals surface area contributed by atoms with E-state index in [1.54, 1.807) is 0 Å². The summed E-state index contributed by atoms with van der Waals surface area (Å²) in [6.45, 7) is 9.74. The summed E-state index contributed by atoms with van der Waals surface area (Å²) >= 11 is 0. The molecule has 0 amide bonds. The smallest absolute Gasteiger partial charge is 0.0726 e. The summed E-state index contributed by atoms with van der Waals surface area (Å²) in [5.74, 6) is 0.634. The molecule has 0 radical (unpaired) electrons. The highest BCUT2D eigenvalue weighted by Crippen LogP contribution is 2.25. The number of aryl methyl sites for hydroxylation is 1. The average Bonchev–Trinajstić information content (AvgIpc) is 2.38. The number of nitrogens with zero attached hydrogens (tertiary/aromatic N) is 1. The summed E-state index contributed by atoms with van der Waals surface area (Å²) in [5.41, 5.74) is 4.87. The summed E-state index contributed by atoms with van der Waals surface area (Å²) in [4.78, 5) is 4.79. The van der Waals surface area contributed by atoms with E-state index in [0.717, 1.165) is 24.9 Å². The van der Waals surface area contributed by atoms with Gasteiger partial charge in [0.25, 0.3) is 0 Å². The Bertz CT molecular complexity index is 558. The molecule has 0 unspecified atom stereocenters. The number of hydrogen-bond acceptors (Lipinski definition) is 2. The lowest BCUT2D eigenvalue weighted by Gasteiger charge is -2.13. The van der Waals surface area contributed by atoms with Gasteiger partial charge in [-0.2, -0.15) is 0 Å². The zero-order chi connectivity index (χ0) is 13.8. The van der Waals surface area contributed by atoms with E-state index in [-0.39, 0.29) is 0 Å². The third kappa shape index (κ3) is 3.25. The van der Waals surface area contributed by atoms with Gasteiger partial charge < -0.3 is 5.32 Å². The molecule has 0 fully saturated rings. The number of hydrogen-bond donors (Lipinski definition) is 1. The normalized spacial score (nSPS) is 11.2. The van der Waals surface area contributed by atoms with Crippen LogP contribution in [0.15, 0.2) is 24.3 Å². The number of rotatable bonds is 5. The van der Waals surface area contributed by atoms with E-state index >= 15 is 0 Å². The third-order valence-electron chi connectivity index (χ3n) is 3.32. The van der Waals surface area contributed by atoms with Crippen LogP contribution in [0.4, 0.5) is 5.69 Å². The molecule has 2 rings (SSSR count). The van der Waals surface area contributed by atoms with Crippen molar-refractivity contribution in [1.29, 1.82) is 0 Å². The lowest BCUT2D eigenvalue weighted by molar-refractivity contribution is 0.637. The molecule has 1 aromatic heterocycles. The molecule has 2 aromatic rings. The van der Waals surface area contributed by atoms with Crippen LogP contribution in [-0.2, 0) is 12.8 Å². The Labute approximate surface area is 116 Å². The van der Waals surface area contributed by atoms with Crippen molar-refractivity contribution >= 4 is 16.6 Å². The largest absolute Gasteiger partial charge is 0.385 e. The second-order valence-electron chi connectivity index (χ2n) is 5.49. The Balaban J connectivity index is 2.54. The van der Waals surface area contributed by atoms with Gasteiger partial charge in [0.2, 0.25) is 0 Å². The minimum Gasteiger partial charge on any atom is -0.385 e. The quantitative estimate of drug-likeness (QED) is 0.856. The molecule has 0 spiro atoms. The van der Waals surface area contributed by atoms with E-state index < -0.39 is 0 Å². The molecule has 2 heteroatoms. The topological polar surface area (TPSA) is 24.9 Å². The summed E-state index contributed by atoms with van der Waals surface area (Å²) in [7, 11) is 0. The van der Waals surface area contributed by atoms with Gasteiger partial charge in [-0.3, -0.25) is 4.98 Å². The first-order valence-corrected chi connectivity index (χ1v) is 7.30. The van der Waals surface area contributed by atoms with Crippen molar-refractivity contribution in [2.45, 2.75) is 40.5 Å². The maximum absolute atomic E-state index is 4.79. The van der Waals surface area contributed by atoms with Gasteiger partial charge in [-0.05, 0) is 49.4 Å². The average molecular weight is 256 g/mol. The fourth-order valence-electron chi connectivity index (χ4n) is 2.41. The zero-order valence-electron chi connectivity index (χ0n) is 12.5. The lowest BCUT2D eigenvalue weighted by atomic mass is 10.0. The van der Waals surface area contributed by atoms with E-state index in [9.17, 15) is 0 Å². The van der Waals surface area contributed by atoms with Gasteiger partial charge in [0.1, 0.15) is 0 Å². The molecule has 102 valence electrons. The van der Waals surface area contributed by atoms with Crippen LogP contribution in [0.2, 0.25) is 0 Å². The Kier molecular flexibility index (Phi) is 4.41. The van der Waals surface area contributed by atoms with Crippen LogP contribution in [0, 0.1) is 5.92 Å². The summed E-state index contributed by atoms with van der Waals surface area (Å²) < 4.78 is 0. The van der Waals surface area contributed by atoms with Crippen LogP contribution in [0.1, 0.15) is 39.0 Å². The minimum atomic E-state index is 0.634. The Morgan fingerprint density at radius 2 is 1.95 bits per heavy atom. The highest BCUT2D eigenvalue weighted by Gasteiger charge is 2.07. The van der Waals surface area contributed by atoms with Gasteiger partial charge in [-0.1, -0.05) is 26.8 Å². The number of pyridine rings is 1. The van der Waals surface area contributed by atoms with Crippen molar-refractivity contribution in [2.75, 3.05) is 11.9 Å². The van der Waals surface area contributed by atoms with Crippen LogP contribution in [0.3, 0.4) is 0 Å². The van der Waals surface area contributed by atoms with Gasteiger partial charge in [0.05, 0.1) is 5.52 Å². The van der Waals surface area contributed by atoms with Gasteiger partial charge in [0, 0.05) is 23.3 Å². The first kappa shape index (κ1) is 13.9. The highest BCUT2D eigenvalue weighted by atomic mass is 14.9. The fraction of sp³-hybridized carbons (Fsp3) is 0.471. The van der Waals surface area contributed by atoms with Crippen molar-refractivity contribution in [3.05, 3.63) is 35.5 Å². The molecule has 2 nitrogen and oxygen atoms in total. The van der Waals surface area contributed by atoms with E-state index in [2.05, 4.69) is 57.3 Å². The molecule has 1 heterocycles. The first-order valence-electron chi connectivity index (χ1n) is 7.30. The van der Waals surface area contributed by atoms with E-state index in [0.29, 0.717) is 5.92 Å². The van der Waals surface area contributed by atoms with Crippen molar-refractivity contribution in [1.82, 2.24) is 4.98 Å². The number of aromatic nitrogens is 1. The van der Waals surface area contributed by atoms with Crippen molar-refractivity contribution in [3.8, 4) is 0 Å². The molecule has 19 heavy (non-hydrogen) atoms. The molecule has 0 aliphatic heterocycles.